The maximum absolute atomic E-state index is 12.5. The molecular formula is C15H25BrN2O2S. The predicted octanol–water partition coefficient (Wildman–Crippen LogP) is 3.19. The largest absolute Gasteiger partial charge is 0.313 e. The maximum atomic E-state index is 12.5. The molecule has 0 spiro atoms. The zero-order valence-electron chi connectivity index (χ0n) is 13.2. The van der Waals surface area contributed by atoms with Crippen molar-refractivity contribution in [3.63, 3.8) is 0 Å². The Bertz CT molecular complexity index is 571. The Kier molecular flexibility index (Phi) is 7.33. The lowest BCUT2D eigenvalue weighted by Crippen LogP contribution is -2.26. The van der Waals surface area contributed by atoms with Crippen molar-refractivity contribution in [2.45, 2.75) is 45.6 Å². The topological polar surface area (TPSA) is 58.2 Å². The van der Waals surface area contributed by atoms with Crippen LogP contribution < -0.4 is 10.0 Å². The van der Waals surface area contributed by atoms with Gasteiger partial charge in [0, 0.05) is 17.6 Å². The van der Waals surface area contributed by atoms with Crippen molar-refractivity contribution in [1.82, 2.24) is 10.0 Å². The fraction of sp³-hybridized carbons (Fsp3) is 0.600. The standard InChI is InChI=1S/C15H25BrN2O2S/c1-5-17-10-13-8-12(4)15(16)14(9-13)21(19,20)18-7-6-11(2)3/h8-9,11,17-18H,5-7,10H2,1-4H3. The molecule has 1 rings (SSSR count). The van der Waals surface area contributed by atoms with Gasteiger partial charge in [0.15, 0.2) is 0 Å². The van der Waals surface area contributed by atoms with Gasteiger partial charge in [-0.05, 0) is 58.9 Å². The molecule has 1 aromatic carbocycles. The van der Waals surface area contributed by atoms with Crippen LogP contribution in [0, 0.1) is 12.8 Å². The normalized spacial score (nSPS) is 12.1. The van der Waals surface area contributed by atoms with Crippen LogP contribution in [0.1, 0.15) is 38.3 Å². The van der Waals surface area contributed by atoms with Gasteiger partial charge in [-0.3, -0.25) is 0 Å². The number of aryl methyl sites for hydroxylation is 1. The quantitative estimate of drug-likeness (QED) is 0.732. The van der Waals surface area contributed by atoms with Crippen LogP contribution in [0.2, 0.25) is 0 Å². The van der Waals surface area contributed by atoms with Gasteiger partial charge in [0.1, 0.15) is 0 Å². The molecule has 21 heavy (non-hydrogen) atoms. The summed E-state index contributed by atoms with van der Waals surface area (Å²) >= 11 is 3.40. The number of sulfonamides is 1. The smallest absolute Gasteiger partial charge is 0.241 e. The number of nitrogens with one attached hydrogen (secondary N) is 2. The number of hydrogen-bond donors (Lipinski definition) is 2. The van der Waals surface area contributed by atoms with Gasteiger partial charge < -0.3 is 5.32 Å². The van der Waals surface area contributed by atoms with Crippen molar-refractivity contribution in [3.8, 4) is 0 Å². The fourth-order valence-electron chi connectivity index (χ4n) is 1.94. The van der Waals surface area contributed by atoms with Crippen molar-refractivity contribution in [1.29, 1.82) is 0 Å². The minimum Gasteiger partial charge on any atom is -0.313 e. The summed E-state index contributed by atoms with van der Waals surface area (Å²) in [5, 5.41) is 3.22. The lowest BCUT2D eigenvalue weighted by molar-refractivity contribution is 0.551. The van der Waals surface area contributed by atoms with E-state index in [1.54, 1.807) is 6.07 Å². The second kappa shape index (κ2) is 8.27. The van der Waals surface area contributed by atoms with Crippen molar-refractivity contribution in [2.24, 2.45) is 5.92 Å². The van der Waals surface area contributed by atoms with Crippen LogP contribution in [0.15, 0.2) is 21.5 Å². The molecule has 0 bridgehead atoms. The van der Waals surface area contributed by atoms with E-state index in [1.165, 1.54) is 0 Å². The molecule has 0 heterocycles. The summed E-state index contributed by atoms with van der Waals surface area (Å²) in [7, 11) is -3.48. The molecule has 2 N–H and O–H groups in total. The number of rotatable bonds is 8. The van der Waals surface area contributed by atoms with E-state index in [9.17, 15) is 8.42 Å². The molecule has 0 aliphatic carbocycles. The minimum atomic E-state index is -3.48. The summed E-state index contributed by atoms with van der Waals surface area (Å²) in [6, 6.07) is 3.73. The first-order valence-corrected chi connectivity index (χ1v) is 9.55. The Morgan fingerprint density at radius 3 is 2.52 bits per heavy atom. The third-order valence-corrected chi connectivity index (χ3v) is 5.96. The van der Waals surface area contributed by atoms with Crippen molar-refractivity contribution < 1.29 is 8.42 Å². The minimum absolute atomic E-state index is 0.319. The van der Waals surface area contributed by atoms with E-state index in [0.717, 1.165) is 24.1 Å². The molecule has 6 heteroatoms. The van der Waals surface area contributed by atoms with Crippen LogP contribution >= 0.6 is 15.9 Å². The molecule has 4 nitrogen and oxygen atoms in total. The van der Waals surface area contributed by atoms with Gasteiger partial charge in [-0.25, -0.2) is 13.1 Å². The number of halogens is 1. The lowest BCUT2D eigenvalue weighted by Gasteiger charge is -2.13. The summed E-state index contributed by atoms with van der Waals surface area (Å²) in [5.74, 6) is 0.470. The first kappa shape index (κ1) is 18.6. The summed E-state index contributed by atoms with van der Waals surface area (Å²) in [6.45, 7) is 10.1. The highest BCUT2D eigenvalue weighted by atomic mass is 79.9. The highest BCUT2D eigenvalue weighted by Crippen LogP contribution is 2.27. The molecule has 0 unspecified atom stereocenters. The molecule has 0 aliphatic heterocycles. The van der Waals surface area contributed by atoms with Crippen LogP contribution in [0.5, 0.6) is 0 Å². The lowest BCUT2D eigenvalue weighted by atomic mass is 10.1. The monoisotopic (exact) mass is 376 g/mol. The highest BCUT2D eigenvalue weighted by molar-refractivity contribution is 9.10. The first-order valence-electron chi connectivity index (χ1n) is 7.27. The molecule has 0 amide bonds. The second-order valence-corrected chi connectivity index (χ2v) is 8.11. The molecule has 0 atom stereocenters. The van der Waals surface area contributed by atoms with E-state index in [2.05, 4.69) is 39.8 Å². The Morgan fingerprint density at radius 2 is 1.95 bits per heavy atom. The van der Waals surface area contributed by atoms with E-state index >= 15 is 0 Å². The number of hydrogen-bond acceptors (Lipinski definition) is 3. The third kappa shape index (κ3) is 5.70. The van der Waals surface area contributed by atoms with Gasteiger partial charge in [-0.1, -0.05) is 26.8 Å². The van der Waals surface area contributed by atoms with Gasteiger partial charge in [0.25, 0.3) is 0 Å². The van der Waals surface area contributed by atoms with E-state index in [-0.39, 0.29) is 0 Å². The Balaban J connectivity index is 3.01. The zero-order chi connectivity index (χ0) is 16.0. The summed E-state index contributed by atoms with van der Waals surface area (Å²) in [6.07, 6.45) is 0.826. The fourth-order valence-corrected chi connectivity index (χ4v) is 4.05. The predicted molar refractivity (Wildman–Crippen MR) is 90.9 cm³/mol. The molecule has 0 saturated carbocycles. The SMILES string of the molecule is CCNCc1cc(C)c(Br)c(S(=O)(=O)NCCC(C)C)c1. The van der Waals surface area contributed by atoms with Crippen molar-refractivity contribution >= 4 is 26.0 Å². The van der Waals surface area contributed by atoms with E-state index in [4.69, 9.17) is 0 Å². The molecule has 0 fully saturated rings. The molecule has 0 radical (unpaired) electrons. The van der Waals surface area contributed by atoms with E-state index in [0.29, 0.717) is 28.4 Å². The first-order chi connectivity index (χ1) is 9.77. The third-order valence-electron chi connectivity index (χ3n) is 3.16. The zero-order valence-corrected chi connectivity index (χ0v) is 15.6. The van der Waals surface area contributed by atoms with E-state index < -0.39 is 10.0 Å². The highest BCUT2D eigenvalue weighted by Gasteiger charge is 2.19. The molecular weight excluding hydrogens is 352 g/mol. The average Bonchev–Trinajstić information content (AvgIpc) is 2.39. The Morgan fingerprint density at radius 1 is 1.29 bits per heavy atom. The van der Waals surface area contributed by atoms with Crippen LogP contribution in [-0.4, -0.2) is 21.5 Å². The Hall–Kier alpha value is -0.430. The Labute approximate surface area is 136 Å². The van der Waals surface area contributed by atoms with Crippen LogP contribution in [0.4, 0.5) is 0 Å². The van der Waals surface area contributed by atoms with Gasteiger partial charge in [-0.2, -0.15) is 0 Å². The van der Waals surface area contributed by atoms with Crippen LogP contribution in [0.3, 0.4) is 0 Å². The summed E-state index contributed by atoms with van der Waals surface area (Å²) in [5.41, 5.74) is 1.90. The second-order valence-electron chi connectivity index (χ2n) is 5.59. The molecule has 1 aromatic rings. The van der Waals surface area contributed by atoms with Crippen molar-refractivity contribution in [3.05, 3.63) is 27.7 Å². The average molecular weight is 377 g/mol. The van der Waals surface area contributed by atoms with Crippen LogP contribution in [-0.2, 0) is 16.6 Å². The van der Waals surface area contributed by atoms with Crippen molar-refractivity contribution in [2.75, 3.05) is 13.1 Å². The molecule has 0 aromatic heterocycles. The van der Waals surface area contributed by atoms with Crippen LogP contribution in [0.25, 0.3) is 0 Å². The molecule has 120 valence electrons. The molecule has 0 saturated heterocycles. The van der Waals surface area contributed by atoms with Gasteiger partial charge in [0.05, 0.1) is 4.90 Å². The van der Waals surface area contributed by atoms with Gasteiger partial charge in [-0.15, -0.1) is 0 Å². The molecule has 0 aliphatic rings. The van der Waals surface area contributed by atoms with Gasteiger partial charge >= 0.3 is 0 Å². The summed E-state index contributed by atoms with van der Waals surface area (Å²) < 4.78 is 28.2. The summed E-state index contributed by atoms with van der Waals surface area (Å²) in [4.78, 5) is 0.319. The maximum Gasteiger partial charge on any atom is 0.241 e. The van der Waals surface area contributed by atoms with E-state index in [1.807, 2.05) is 19.9 Å². The van der Waals surface area contributed by atoms with Gasteiger partial charge in [0.2, 0.25) is 10.0 Å². The number of benzene rings is 1.